The molecule has 0 spiro atoms. The van der Waals surface area contributed by atoms with Gasteiger partial charge >= 0.3 is 0 Å². The molecule has 4 rings (SSSR count). The Balaban J connectivity index is 1.80. The fourth-order valence-electron chi connectivity index (χ4n) is 3.64. The summed E-state index contributed by atoms with van der Waals surface area (Å²) >= 11 is 0. The number of hydrogen-bond acceptors (Lipinski definition) is 3. The van der Waals surface area contributed by atoms with Crippen LogP contribution >= 0.6 is 0 Å². The van der Waals surface area contributed by atoms with Crippen molar-refractivity contribution < 1.29 is 9.84 Å². The summed E-state index contributed by atoms with van der Waals surface area (Å²) in [5, 5.41) is 16.5. The van der Waals surface area contributed by atoms with Gasteiger partial charge in [0.1, 0.15) is 11.9 Å². The molecule has 27 heavy (non-hydrogen) atoms. The van der Waals surface area contributed by atoms with Crippen LogP contribution in [0, 0.1) is 0 Å². The van der Waals surface area contributed by atoms with E-state index in [4.69, 9.17) is 4.74 Å². The molecule has 0 bridgehead atoms. The summed E-state index contributed by atoms with van der Waals surface area (Å²) in [6, 6.07) is 24.5. The van der Waals surface area contributed by atoms with E-state index in [9.17, 15) is 5.11 Å². The second-order valence-corrected chi connectivity index (χ2v) is 6.69. The third-order valence-electron chi connectivity index (χ3n) is 4.83. The molecule has 1 aromatic heterocycles. The van der Waals surface area contributed by atoms with E-state index in [0.717, 1.165) is 22.5 Å². The van der Waals surface area contributed by atoms with E-state index in [0.29, 0.717) is 6.61 Å². The average Bonchev–Trinajstić information content (AvgIpc) is 3.02. The van der Waals surface area contributed by atoms with E-state index in [1.54, 1.807) is 0 Å². The van der Waals surface area contributed by atoms with Gasteiger partial charge in [-0.25, -0.2) is 0 Å². The van der Waals surface area contributed by atoms with Crippen LogP contribution in [0.25, 0.3) is 21.8 Å². The van der Waals surface area contributed by atoms with Crippen molar-refractivity contribution in [2.75, 3.05) is 11.9 Å². The second-order valence-electron chi connectivity index (χ2n) is 6.69. The third-order valence-corrected chi connectivity index (χ3v) is 4.83. The number of rotatable bonds is 6. The molecule has 2 unspecified atom stereocenters. The number of fused-ring (bicyclic) bond motifs is 3. The molecule has 2 atom stereocenters. The average molecular weight is 360 g/mol. The summed E-state index contributed by atoms with van der Waals surface area (Å²) in [6.07, 6.45) is -0.886. The molecule has 138 valence electrons. The number of aliphatic hydroxyl groups excluding tert-OH is 1. The van der Waals surface area contributed by atoms with Crippen LogP contribution in [-0.2, 0) is 0 Å². The van der Waals surface area contributed by atoms with Crippen molar-refractivity contribution in [1.29, 1.82) is 0 Å². The molecule has 1 heterocycles. The first-order valence-corrected chi connectivity index (χ1v) is 9.34. The molecule has 4 heteroatoms. The van der Waals surface area contributed by atoms with E-state index in [-0.39, 0.29) is 6.17 Å². The van der Waals surface area contributed by atoms with Crippen LogP contribution in [-0.4, -0.2) is 22.4 Å². The minimum atomic E-state index is -0.587. The molecule has 2 N–H and O–H groups in total. The Labute approximate surface area is 159 Å². The number of para-hydroxylation sites is 2. The van der Waals surface area contributed by atoms with Gasteiger partial charge in [-0.15, -0.1) is 0 Å². The lowest BCUT2D eigenvalue weighted by Gasteiger charge is -2.26. The smallest absolute Gasteiger partial charge is 0.130 e. The molecule has 0 saturated carbocycles. The molecule has 0 aliphatic carbocycles. The van der Waals surface area contributed by atoms with Gasteiger partial charge in [0.05, 0.1) is 23.7 Å². The molecule has 0 aliphatic rings. The minimum absolute atomic E-state index is 0.298. The van der Waals surface area contributed by atoms with Crippen LogP contribution in [0.15, 0.2) is 72.8 Å². The SMILES string of the molecule is CCOc1ccc(NC(C(C)O)n2c3ccccc3c3ccccc32)cc1. The minimum Gasteiger partial charge on any atom is -0.494 e. The van der Waals surface area contributed by atoms with Crippen molar-refractivity contribution in [3.8, 4) is 5.75 Å². The van der Waals surface area contributed by atoms with Gasteiger partial charge in [0, 0.05) is 16.5 Å². The molecule has 0 saturated heterocycles. The van der Waals surface area contributed by atoms with Crippen molar-refractivity contribution in [1.82, 2.24) is 4.57 Å². The van der Waals surface area contributed by atoms with Gasteiger partial charge in [0.25, 0.3) is 0 Å². The number of benzene rings is 3. The highest BCUT2D eigenvalue weighted by molar-refractivity contribution is 6.08. The number of nitrogens with zero attached hydrogens (tertiary/aromatic N) is 1. The van der Waals surface area contributed by atoms with Gasteiger partial charge in [-0.1, -0.05) is 36.4 Å². The Bertz CT molecular complexity index is 998. The zero-order chi connectivity index (χ0) is 18.8. The molecule has 3 aromatic carbocycles. The molecule has 4 aromatic rings. The van der Waals surface area contributed by atoms with Crippen LogP contribution in [0.2, 0.25) is 0 Å². The molecule has 0 aliphatic heterocycles. The summed E-state index contributed by atoms with van der Waals surface area (Å²) in [6.45, 7) is 4.43. The quantitative estimate of drug-likeness (QED) is 0.498. The summed E-state index contributed by atoms with van der Waals surface area (Å²) < 4.78 is 7.70. The van der Waals surface area contributed by atoms with Crippen LogP contribution in [0.4, 0.5) is 5.69 Å². The summed E-state index contributed by atoms with van der Waals surface area (Å²) in [4.78, 5) is 0. The Morgan fingerprint density at radius 2 is 1.44 bits per heavy atom. The maximum Gasteiger partial charge on any atom is 0.130 e. The molecule has 0 amide bonds. The van der Waals surface area contributed by atoms with E-state index >= 15 is 0 Å². The Kier molecular flexibility index (Phi) is 4.73. The van der Waals surface area contributed by atoms with Crippen molar-refractivity contribution in [3.05, 3.63) is 72.8 Å². The van der Waals surface area contributed by atoms with Gasteiger partial charge in [-0.2, -0.15) is 0 Å². The van der Waals surface area contributed by atoms with Crippen LogP contribution in [0.5, 0.6) is 5.75 Å². The molecule has 0 fully saturated rings. The van der Waals surface area contributed by atoms with Crippen molar-refractivity contribution >= 4 is 27.5 Å². The van der Waals surface area contributed by atoms with Gasteiger partial charge in [-0.05, 0) is 50.2 Å². The Morgan fingerprint density at radius 3 is 1.96 bits per heavy atom. The maximum absolute atomic E-state index is 10.6. The lowest BCUT2D eigenvalue weighted by Crippen LogP contribution is -2.28. The van der Waals surface area contributed by atoms with Crippen LogP contribution < -0.4 is 10.1 Å². The van der Waals surface area contributed by atoms with Crippen molar-refractivity contribution in [2.24, 2.45) is 0 Å². The van der Waals surface area contributed by atoms with Gasteiger partial charge < -0.3 is 19.7 Å². The number of nitrogens with one attached hydrogen (secondary N) is 1. The lowest BCUT2D eigenvalue weighted by atomic mass is 10.2. The highest BCUT2D eigenvalue weighted by Gasteiger charge is 2.22. The summed E-state index contributed by atoms with van der Waals surface area (Å²) in [5.41, 5.74) is 3.14. The van der Waals surface area contributed by atoms with Gasteiger partial charge in [-0.3, -0.25) is 0 Å². The summed E-state index contributed by atoms with van der Waals surface area (Å²) in [5.74, 6) is 0.841. The van der Waals surface area contributed by atoms with Crippen LogP contribution in [0.3, 0.4) is 0 Å². The number of hydrogen-bond donors (Lipinski definition) is 2. The number of aromatic nitrogens is 1. The topological polar surface area (TPSA) is 46.4 Å². The highest BCUT2D eigenvalue weighted by atomic mass is 16.5. The molecule has 0 radical (unpaired) electrons. The number of anilines is 1. The number of ether oxygens (including phenoxy) is 1. The standard InChI is InChI=1S/C23H24N2O2/c1-3-27-18-14-12-17(13-15-18)24-23(16(2)26)25-21-10-6-4-8-19(21)20-9-5-7-11-22(20)25/h4-16,23-24,26H,3H2,1-2H3. The molecule has 4 nitrogen and oxygen atoms in total. The van der Waals surface area contributed by atoms with Crippen LogP contribution in [0.1, 0.15) is 20.0 Å². The second kappa shape index (κ2) is 7.33. The molecular formula is C23H24N2O2. The monoisotopic (exact) mass is 360 g/mol. The summed E-state index contributed by atoms with van der Waals surface area (Å²) in [7, 11) is 0. The zero-order valence-electron chi connectivity index (χ0n) is 15.6. The maximum atomic E-state index is 10.6. The normalized spacial score (nSPS) is 13.6. The van der Waals surface area contributed by atoms with E-state index < -0.39 is 6.10 Å². The van der Waals surface area contributed by atoms with E-state index in [1.165, 1.54) is 10.8 Å². The highest BCUT2D eigenvalue weighted by Crippen LogP contribution is 2.33. The fourth-order valence-corrected chi connectivity index (χ4v) is 3.64. The lowest BCUT2D eigenvalue weighted by molar-refractivity contribution is 0.147. The third kappa shape index (κ3) is 3.24. The predicted octanol–water partition coefficient (Wildman–Crippen LogP) is 5.18. The van der Waals surface area contributed by atoms with Crippen molar-refractivity contribution in [2.45, 2.75) is 26.1 Å². The largest absolute Gasteiger partial charge is 0.494 e. The number of aliphatic hydroxyl groups is 1. The molecular weight excluding hydrogens is 336 g/mol. The first kappa shape index (κ1) is 17.4. The van der Waals surface area contributed by atoms with Gasteiger partial charge in [0.15, 0.2) is 0 Å². The fraction of sp³-hybridized carbons (Fsp3) is 0.217. The first-order valence-electron chi connectivity index (χ1n) is 9.34. The Morgan fingerprint density at radius 1 is 0.889 bits per heavy atom. The predicted molar refractivity (Wildman–Crippen MR) is 111 cm³/mol. The Hall–Kier alpha value is -2.98. The van der Waals surface area contributed by atoms with E-state index in [2.05, 4.69) is 46.3 Å². The van der Waals surface area contributed by atoms with E-state index in [1.807, 2.05) is 50.2 Å². The zero-order valence-corrected chi connectivity index (χ0v) is 15.6. The van der Waals surface area contributed by atoms with Gasteiger partial charge in [0.2, 0.25) is 0 Å². The first-order chi connectivity index (χ1) is 13.2. The van der Waals surface area contributed by atoms with Crippen molar-refractivity contribution in [3.63, 3.8) is 0 Å².